The second-order valence-corrected chi connectivity index (χ2v) is 6.23. The molecule has 1 aliphatic heterocycles. The Morgan fingerprint density at radius 2 is 2.14 bits per heavy atom. The first-order chi connectivity index (χ1) is 10.3. The van der Waals surface area contributed by atoms with Crippen LogP contribution in [0.3, 0.4) is 0 Å². The number of nitrogens with zero attached hydrogens (tertiary/aromatic N) is 2. The van der Waals surface area contributed by atoms with Gasteiger partial charge in [0, 0.05) is 31.0 Å². The Hall–Kier alpha value is -1.58. The molecule has 0 spiro atoms. The summed E-state index contributed by atoms with van der Waals surface area (Å²) in [5, 5.41) is 4.27. The molecule has 0 radical (unpaired) electrons. The van der Waals surface area contributed by atoms with Crippen LogP contribution in [0, 0.1) is 0 Å². The second kappa shape index (κ2) is 5.32. The van der Waals surface area contributed by atoms with Gasteiger partial charge in [0.05, 0.1) is 5.02 Å². The van der Waals surface area contributed by atoms with Crippen LogP contribution in [0.25, 0.3) is 0 Å². The van der Waals surface area contributed by atoms with E-state index in [0.717, 1.165) is 35.9 Å². The lowest BCUT2D eigenvalue weighted by atomic mass is 10.2. The minimum absolute atomic E-state index is 0.685. The average molecular weight is 300 g/mol. The van der Waals surface area contributed by atoms with E-state index < -0.39 is 0 Å². The summed E-state index contributed by atoms with van der Waals surface area (Å²) >= 11 is 6.29. The third-order valence-electron chi connectivity index (χ3n) is 4.24. The first-order valence-electron chi connectivity index (χ1n) is 7.54. The van der Waals surface area contributed by atoms with Crippen molar-refractivity contribution in [2.45, 2.75) is 31.8 Å². The first kappa shape index (κ1) is 13.1. The number of pyridine rings is 1. The number of fused-ring (bicyclic) bond motifs is 1. The van der Waals surface area contributed by atoms with Gasteiger partial charge in [0.2, 0.25) is 0 Å². The molecule has 1 aliphatic carbocycles. The smallest absolute Gasteiger partial charge is 0.133 e. The molecule has 2 aromatic rings. The number of rotatable bonds is 4. The van der Waals surface area contributed by atoms with E-state index in [1.165, 1.54) is 24.1 Å². The zero-order chi connectivity index (χ0) is 14.2. The predicted octanol–water partition coefficient (Wildman–Crippen LogP) is 3.68. The Balaban J connectivity index is 1.61. The fourth-order valence-corrected chi connectivity index (χ4v) is 3.04. The Bertz CT molecular complexity index is 667. The minimum atomic E-state index is 0.685. The van der Waals surface area contributed by atoms with E-state index in [1.807, 2.05) is 0 Å². The number of hydrogen-bond donors (Lipinski definition) is 1. The van der Waals surface area contributed by atoms with E-state index in [1.54, 1.807) is 6.20 Å². The Kier molecular flexibility index (Phi) is 3.32. The number of anilines is 2. The maximum atomic E-state index is 6.29. The average Bonchev–Trinajstić information content (AvgIpc) is 3.24. The van der Waals surface area contributed by atoms with E-state index in [9.17, 15) is 0 Å². The molecular weight excluding hydrogens is 282 g/mol. The maximum absolute atomic E-state index is 6.29. The van der Waals surface area contributed by atoms with Crippen molar-refractivity contribution < 1.29 is 0 Å². The summed E-state index contributed by atoms with van der Waals surface area (Å²) in [4.78, 5) is 6.81. The largest absolute Gasteiger partial charge is 0.326 e. The molecule has 1 saturated carbocycles. The van der Waals surface area contributed by atoms with Gasteiger partial charge in [-0.05, 0) is 42.5 Å². The highest BCUT2D eigenvalue weighted by molar-refractivity contribution is 6.31. The summed E-state index contributed by atoms with van der Waals surface area (Å²) in [6.07, 6.45) is 5.43. The lowest BCUT2D eigenvalue weighted by molar-refractivity contribution is 0.687. The lowest BCUT2D eigenvalue weighted by Gasteiger charge is -2.19. The Labute approximate surface area is 129 Å². The molecule has 1 aromatic carbocycles. The van der Waals surface area contributed by atoms with Crippen LogP contribution >= 0.6 is 11.6 Å². The van der Waals surface area contributed by atoms with Gasteiger partial charge in [-0.3, -0.25) is 0 Å². The molecule has 0 amide bonds. The zero-order valence-corrected chi connectivity index (χ0v) is 12.6. The standard InChI is InChI=1S/C17H18ClN3/c18-15-11-20-17(9-13(15)10-19-14-5-6-14)21-8-7-12-3-1-2-4-16(12)21/h1-4,9,11,14,19H,5-8,10H2. The SMILES string of the molecule is Clc1cnc(N2CCc3ccccc32)cc1CNC1CC1. The van der Waals surface area contributed by atoms with Crippen LogP contribution in [0.1, 0.15) is 24.0 Å². The molecule has 4 heteroatoms. The van der Waals surface area contributed by atoms with Gasteiger partial charge in [0.1, 0.15) is 5.82 Å². The third-order valence-corrected chi connectivity index (χ3v) is 4.58. The van der Waals surface area contributed by atoms with E-state index in [2.05, 4.69) is 45.5 Å². The topological polar surface area (TPSA) is 28.2 Å². The summed E-state index contributed by atoms with van der Waals surface area (Å²) in [5.41, 5.74) is 3.80. The molecule has 1 aromatic heterocycles. The Morgan fingerprint density at radius 3 is 3.00 bits per heavy atom. The molecule has 2 aliphatic rings. The molecule has 1 N–H and O–H groups in total. The van der Waals surface area contributed by atoms with E-state index in [-0.39, 0.29) is 0 Å². The van der Waals surface area contributed by atoms with Crippen molar-refractivity contribution in [3.8, 4) is 0 Å². The van der Waals surface area contributed by atoms with E-state index in [4.69, 9.17) is 11.6 Å². The number of para-hydroxylation sites is 1. The van der Waals surface area contributed by atoms with Crippen LogP contribution in [0.4, 0.5) is 11.5 Å². The van der Waals surface area contributed by atoms with Gasteiger partial charge in [0.15, 0.2) is 0 Å². The van der Waals surface area contributed by atoms with Gasteiger partial charge in [-0.2, -0.15) is 0 Å². The maximum Gasteiger partial charge on any atom is 0.133 e. The van der Waals surface area contributed by atoms with Crippen molar-refractivity contribution in [3.05, 3.63) is 52.7 Å². The molecule has 3 nitrogen and oxygen atoms in total. The van der Waals surface area contributed by atoms with E-state index in [0.29, 0.717) is 6.04 Å². The number of aromatic nitrogens is 1. The van der Waals surface area contributed by atoms with Crippen molar-refractivity contribution in [1.29, 1.82) is 0 Å². The summed E-state index contributed by atoms with van der Waals surface area (Å²) in [6, 6.07) is 11.4. The second-order valence-electron chi connectivity index (χ2n) is 5.82. The third kappa shape index (κ3) is 2.63. The van der Waals surface area contributed by atoms with Crippen molar-refractivity contribution in [1.82, 2.24) is 10.3 Å². The molecule has 0 unspecified atom stereocenters. The van der Waals surface area contributed by atoms with Crippen LogP contribution in [0.5, 0.6) is 0 Å². The fourth-order valence-electron chi connectivity index (χ4n) is 2.87. The van der Waals surface area contributed by atoms with Crippen LogP contribution in [0.15, 0.2) is 36.5 Å². The normalized spacial score (nSPS) is 17.1. The molecule has 108 valence electrons. The Morgan fingerprint density at radius 1 is 1.29 bits per heavy atom. The lowest BCUT2D eigenvalue weighted by Crippen LogP contribution is -2.18. The number of nitrogens with one attached hydrogen (secondary N) is 1. The van der Waals surface area contributed by atoms with Crippen molar-refractivity contribution in [3.63, 3.8) is 0 Å². The van der Waals surface area contributed by atoms with Crippen molar-refractivity contribution in [2.24, 2.45) is 0 Å². The van der Waals surface area contributed by atoms with Gasteiger partial charge in [0.25, 0.3) is 0 Å². The minimum Gasteiger partial charge on any atom is -0.326 e. The highest BCUT2D eigenvalue weighted by Gasteiger charge is 2.23. The quantitative estimate of drug-likeness (QED) is 0.933. The van der Waals surface area contributed by atoms with Crippen LogP contribution in [-0.4, -0.2) is 17.6 Å². The molecule has 0 atom stereocenters. The highest BCUT2D eigenvalue weighted by Crippen LogP contribution is 2.34. The van der Waals surface area contributed by atoms with Crippen molar-refractivity contribution in [2.75, 3.05) is 11.4 Å². The van der Waals surface area contributed by atoms with Gasteiger partial charge in [-0.25, -0.2) is 4.98 Å². The van der Waals surface area contributed by atoms with Crippen LogP contribution in [0.2, 0.25) is 5.02 Å². The molecule has 4 rings (SSSR count). The van der Waals surface area contributed by atoms with Gasteiger partial charge in [-0.1, -0.05) is 29.8 Å². The summed E-state index contributed by atoms with van der Waals surface area (Å²) in [5.74, 6) is 0.997. The molecule has 2 heterocycles. The van der Waals surface area contributed by atoms with Crippen molar-refractivity contribution >= 4 is 23.1 Å². The van der Waals surface area contributed by atoms with Crippen LogP contribution in [-0.2, 0) is 13.0 Å². The number of hydrogen-bond acceptors (Lipinski definition) is 3. The van der Waals surface area contributed by atoms with Crippen LogP contribution < -0.4 is 10.2 Å². The number of halogens is 1. The zero-order valence-electron chi connectivity index (χ0n) is 11.8. The molecule has 21 heavy (non-hydrogen) atoms. The summed E-state index contributed by atoms with van der Waals surface area (Å²) in [7, 11) is 0. The van der Waals surface area contributed by atoms with E-state index >= 15 is 0 Å². The molecule has 1 fully saturated rings. The summed E-state index contributed by atoms with van der Waals surface area (Å²) < 4.78 is 0. The predicted molar refractivity (Wildman–Crippen MR) is 86.3 cm³/mol. The number of benzene rings is 1. The molecule has 0 saturated heterocycles. The highest BCUT2D eigenvalue weighted by atomic mass is 35.5. The van der Waals surface area contributed by atoms with Gasteiger partial charge >= 0.3 is 0 Å². The fraction of sp³-hybridized carbons (Fsp3) is 0.353. The molecule has 0 bridgehead atoms. The monoisotopic (exact) mass is 299 g/mol. The van der Waals surface area contributed by atoms with Gasteiger partial charge in [-0.15, -0.1) is 0 Å². The molecular formula is C17H18ClN3. The van der Waals surface area contributed by atoms with Gasteiger partial charge < -0.3 is 10.2 Å². The first-order valence-corrected chi connectivity index (χ1v) is 7.92. The summed E-state index contributed by atoms with van der Waals surface area (Å²) in [6.45, 7) is 1.82.